The predicted octanol–water partition coefficient (Wildman–Crippen LogP) is 0.559. The van der Waals surface area contributed by atoms with Crippen molar-refractivity contribution in [3.8, 4) is 12.3 Å². The summed E-state index contributed by atoms with van der Waals surface area (Å²) >= 11 is 0. The Balaban J connectivity index is 1.84. The first-order chi connectivity index (χ1) is 8.56. The van der Waals surface area contributed by atoms with Gasteiger partial charge in [0.15, 0.2) is 0 Å². The van der Waals surface area contributed by atoms with Crippen LogP contribution in [0, 0.1) is 12.3 Å². The molecule has 0 radical (unpaired) electrons. The maximum absolute atomic E-state index is 11.6. The number of nitrogens with zero attached hydrogens (tertiary/aromatic N) is 3. The van der Waals surface area contributed by atoms with E-state index in [1.54, 1.807) is 0 Å². The first-order valence-electron chi connectivity index (χ1n) is 5.50. The fraction of sp³-hybridized carbons (Fsp3) is 0.545. The summed E-state index contributed by atoms with van der Waals surface area (Å²) < 4.78 is 0. The molecule has 0 aliphatic carbocycles. The standard InChI is InChI=1S/C11H11N3O4/c1-2-3-6-11(12-13-11)7-10(17)18-14-8(15)4-5-9(14)16/h1H,3-7H2. The van der Waals surface area contributed by atoms with Gasteiger partial charge in [0.2, 0.25) is 5.66 Å². The first kappa shape index (κ1) is 12.2. The van der Waals surface area contributed by atoms with Crippen LogP contribution in [0.3, 0.4) is 0 Å². The van der Waals surface area contributed by atoms with Crippen molar-refractivity contribution in [2.75, 3.05) is 0 Å². The largest absolute Gasteiger partial charge is 0.337 e. The topological polar surface area (TPSA) is 88.4 Å². The van der Waals surface area contributed by atoms with Gasteiger partial charge in [-0.3, -0.25) is 9.59 Å². The molecule has 0 spiro atoms. The average Bonchev–Trinajstić information content (AvgIpc) is 3.03. The van der Waals surface area contributed by atoms with Crippen LogP contribution in [-0.2, 0) is 19.2 Å². The summed E-state index contributed by atoms with van der Waals surface area (Å²) in [6.45, 7) is 0. The van der Waals surface area contributed by atoms with E-state index in [1.807, 2.05) is 0 Å². The van der Waals surface area contributed by atoms with Crippen LogP contribution in [0.4, 0.5) is 0 Å². The van der Waals surface area contributed by atoms with E-state index in [-0.39, 0.29) is 19.3 Å². The molecule has 0 bridgehead atoms. The summed E-state index contributed by atoms with van der Waals surface area (Å²) in [6.07, 6.45) is 6.06. The van der Waals surface area contributed by atoms with Gasteiger partial charge in [-0.2, -0.15) is 10.2 Å². The molecule has 0 N–H and O–H groups in total. The van der Waals surface area contributed by atoms with E-state index >= 15 is 0 Å². The molecular weight excluding hydrogens is 238 g/mol. The molecule has 0 aromatic heterocycles. The molecule has 0 saturated carbocycles. The number of imide groups is 1. The van der Waals surface area contributed by atoms with E-state index in [9.17, 15) is 14.4 Å². The minimum atomic E-state index is -0.810. The third-order valence-electron chi connectivity index (χ3n) is 2.68. The Hall–Kier alpha value is -2.23. The van der Waals surface area contributed by atoms with Gasteiger partial charge in [-0.25, -0.2) is 4.79 Å². The first-order valence-corrected chi connectivity index (χ1v) is 5.50. The monoisotopic (exact) mass is 249 g/mol. The maximum atomic E-state index is 11.6. The number of hydroxylamine groups is 2. The zero-order valence-electron chi connectivity index (χ0n) is 9.59. The van der Waals surface area contributed by atoms with E-state index in [0.717, 1.165) is 0 Å². The second-order valence-electron chi connectivity index (χ2n) is 4.11. The summed E-state index contributed by atoms with van der Waals surface area (Å²) in [4.78, 5) is 38.7. The lowest BCUT2D eigenvalue weighted by molar-refractivity contribution is -0.198. The van der Waals surface area contributed by atoms with Crippen molar-refractivity contribution < 1.29 is 19.2 Å². The van der Waals surface area contributed by atoms with Gasteiger partial charge < -0.3 is 4.84 Å². The minimum absolute atomic E-state index is 0.0725. The van der Waals surface area contributed by atoms with Crippen LogP contribution in [0.5, 0.6) is 0 Å². The fourth-order valence-electron chi connectivity index (χ4n) is 1.63. The van der Waals surface area contributed by atoms with Gasteiger partial charge in [0.1, 0.15) is 0 Å². The maximum Gasteiger partial charge on any atom is 0.337 e. The molecule has 2 aliphatic heterocycles. The summed E-state index contributed by atoms with van der Waals surface area (Å²) in [5, 5.41) is 8.04. The Morgan fingerprint density at radius 3 is 2.50 bits per heavy atom. The van der Waals surface area contributed by atoms with Crippen LogP contribution in [0.25, 0.3) is 0 Å². The Kier molecular flexibility index (Phi) is 3.10. The molecule has 0 atom stereocenters. The van der Waals surface area contributed by atoms with E-state index in [0.29, 0.717) is 17.9 Å². The quantitative estimate of drug-likeness (QED) is 0.526. The van der Waals surface area contributed by atoms with Gasteiger partial charge in [-0.1, -0.05) is 0 Å². The molecule has 2 rings (SSSR count). The summed E-state index contributed by atoms with van der Waals surface area (Å²) in [7, 11) is 0. The smallest absolute Gasteiger partial charge is 0.330 e. The Labute approximate surface area is 103 Å². The number of rotatable bonds is 5. The lowest BCUT2D eigenvalue weighted by Crippen LogP contribution is -2.33. The lowest BCUT2D eigenvalue weighted by Gasteiger charge is -2.14. The summed E-state index contributed by atoms with van der Waals surface area (Å²) in [5.41, 5.74) is -0.810. The highest BCUT2D eigenvalue weighted by Gasteiger charge is 2.43. The van der Waals surface area contributed by atoms with Gasteiger partial charge in [0.05, 0.1) is 6.42 Å². The Morgan fingerprint density at radius 1 is 1.39 bits per heavy atom. The number of carbonyl (C=O) groups excluding carboxylic acids is 3. The van der Waals surface area contributed by atoms with E-state index in [2.05, 4.69) is 16.1 Å². The molecule has 1 fully saturated rings. The van der Waals surface area contributed by atoms with Crippen molar-refractivity contribution in [2.45, 2.75) is 37.8 Å². The van der Waals surface area contributed by atoms with E-state index in [1.165, 1.54) is 0 Å². The second kappa shape index (κ2) is 4.56. The molecule has 2 aliphatic rings. The predicted molar refractivity (Wildman–Crippen MR) is 57.5 cm³/mol. The zero-order chi connectivity index (χ0) is 13.2. The number of carbonyl (C=O) groups is 3. The number of terminal acetylenes is 1. The SMILES string of the molecule is C#CCCC1(CC(=O)ON2C(=O)CCC2=O)N=N1. The fourth-order valence-corrected chi connectivity index (χ4v) is 1.63. The molecule has 7 heteroatoms. The van der Waals surface area contributed by atoms with Gasteiger partial charge >= 0.3 is 5.97 Å². The number of hydrogen-bond acceptors (Lipinski definition) is 6. The highest BCUT2D eigenvalue weighted by Crippen LogP contribution is 2.37. The normalized spacial score (nSPS) is 19.8. The van der Waals surface area contributed by atoms with Crippen molar-refractivity contribution in [1.29, 1.82) is 0 Å². The molecule has 0 aromatic carbocycles. The Morgan fingerprint density at radius 2 is 2.00 bits per heavy atom. The van der Waals surface area contributed by atoms with Crippen molar-refractivity contribution in [3.63, 3.8) is 0 Å². The van der Waals surface area contributed by atoms with Crippen LogP contribution < -0.4 is 0 Å². The van der Waals surface area contributed by atoms with Crippen molar-refractivity contribution >= 4 is 17.8 Å². The van der Waals surface area contributed by atoms with Crippen LogP contribution in [0.2, 0.25) is 0 Å². The van der Waals surface area contributed by atoms with Crippen molar-refractivity contribution in [1.82, 2.24) is 5.06 Å². The van der Waals surface area contributed by atoms with E-state index < -0.39 is 23.4 Å². The third kappa shape index (κ3) is 2.53. The molecule has 7 nitrogen and oxygen atoms in total. The molecule has 1 saturated heterocycles. The van der Waals surface area contributed by atoms with Crippen molar-refractivity contribution in [3.05, 3.63) is 0 Å². The summed E-state index contributed by atoms with van der Waals surface area (Å²) in [5.74, 6) is 0.718. The zero-order valence-corrected chi connectivity index (χ0v) is 9.59. The van der Waals surface area contributed by atoms with Crippen LogP contribution in [-0.4, -0.2) is 28.5 Å². The molecule has 18 heavy (non-hydrogen) atoms. The number of amides is 2. The second-order valence-corrected chi connectivity index (χ2v) is 4.11. The lowest BCUT2D eigenvalue weighted by atomic mass is 10.1. The summed E-state index contributed by atoms with van der Waals surface area (Å²) in [6, 6.07) is 0. The molecule has 2 heterocycles. The minimum Gasteiger partial charge on any atom is -0.330 e. The van der Waals surface area contributed by atoms with Crippen molar-refractivity contribution in [2.24, 2.45) is 10.2 Å². The van der Waals surface area contributed by atoms with Gasteiger partial charge in [-0.15, -0.1) is 17.4 Å². The van der Waals surface area contributed by atoms with Crippen LogP contribution >= 0.6 is 0 Å². The number of hydrogen-bond donors (Lipinski definition) is 0. The molecule has 2 amide bonds. The van der Waals surface area contributed by atoms with Gasteiger partial charge in [-0.05, 0) is 0 Å². The van der Waals surface area contributed by atoms with Gasteiger partial charge in [0.25, 0.3) is 11.8 Å². The Bertz CT molecular complexity index is 455. The highest BCUT2D eigenvalue weighted by atomic mass is 16.7. The molecule has 0 unspecified atom stereocenters. The highest BCUT2D eigenvalue weighted by molar-refractivity contribution is 6.01. The average molecular weight is 249 g/mol. The third-order valence-corrected chi connectivity index (χ3v) is 2.68. The van der Waals surface area contributed by atoms with E-state index in [4.69, 9.17) is 11.3 Å². The molecular formula is C11H11N3O4. The van der Waals surface area contributed by atoms with Crippen LogP contribution in [0.15, 0.2) is 10.2 Å². The molecule has 0 aromatic rings. The molecule has 94 valence electrons. The van der Waals surface area contributed by atoms with Crippen LogP contribution in [0.1, 0.15) is 32.1 Å². The van der Waals surface area contributed by atoms with Gasteiger partial charge in [0, 0.05) is 25.7 Å².